The molecular weight excluding hydrogens is 352 g/mol. The molecule has 2 aromatic rings. The summed E-state index contributed by atoms with van der Waals surface area (Å²) in [6.07, 6.45) is 0. The molecule has 1 atom stereocenters. The quantitative estimate of drug-likeness (QED) is 0.772. The van der Waals surface area contributed by atoms with E-state index in [9.17, 15) is 9.59 Å². The van der Waals surface area contributed by atoms with Crippen LogP contribution in [0.5, 0.6) is 0 Å². The van der Waals surface area contributed by atoms with Crippen molar-refractivity contribution in [2.75, 3.05) is 12.4 Å². The lowest BCUT2D eigenvalue weighted by Gasteiger charge is -2.22. The standard InChI is InChI=1S/C20H23ClN2O3/c1-13(2)18(23-19(24)15-9-5-6-10-16(15)21)20(25)22-17-11-7-4-8-14(17)12-26-3/h4-11,13,18H,12H2,1-3H3,(H,22,25)(H,23,24). The predicted molar refractivity (Wildman–Crippen MR) is 103 cm³/mol. The van der Waals surface area contributed by atoms with Crippen molar-refractivity contribution in [3.63, 3.8) is 0 Å². The first-order valence-corrected chi connectivity index (χ1v) is 8.75. The Balaban J connectivity index is 2.16. The molecule has 2 rings (SSSR count). The van der Waals surface area contributed by atoms with Crippen molar-refractivity contribution in [1.29, 1.82) is 0 Å². The number of methoxy groups -OCH3 is 1. The summed E-state index contributed by atoms with van der Waals surface area (Å²) in [5.74, 6) is -0.769. The molecule has 138 valence electrons. The average Bonchev–Trinajstić information content (AvgIpc) is 2.61. The third-order valence-corrected chi connectivity index (χ3v) is 4.26. The highest BCUT2D eigenvalue weighted by Crippen LogP contribution is 2.18. The Labute approximate surface area is 158 Å². The van der Waals surface area contributed by atoms with Crippen LogP contribution in [0.4, 0.5) is 5.69 Å². The maximum atomic E-state index is 12.8. The molecule has 26 heavy (non-hydrogen) atoms. The number of rotatable bonds is 7. The van der Waals surface area contributed by atoms with Crippen LogP contribution < -0.4 is 10.6 Å². The summed E-state index contributed by atoms with van der Waals surface area (Å²) in [6, 6.07) is 13.4. The zero-order chi connectivity index (χ0) is 19.1. The van der Waals surface area contributed by atoms with Crippen LogP contribution >= 0.6 is 11.6 Å². The molecule has 0 aliphatic heterocycles. The predicted octanol–water partition coefficient (Wildman–Crippen LogP) is 3.88. The van der Waals surface area contributed by atoms with Crippen LogP contribution in [0.2, 0.25) is 5.02 Å². The molecular formula is C20H23ClN2O3. The van der Waals surface area contributed by atoms with Gasteiger partial charge in [-0.2, -0.15) is 0 Å². The van der Waals surface area contributed by atoms with Gasteiger partial charge in [-0.05, 0) is 24.1 Å². The Bertz CT molecular complexity index is 777. The van der Waals surface area contributed by atoms with E-state index in [1.54, 1.807) is 37.4 Å². The monoisotopic (exact) mass is 374 g/mol. The molecule has 5 nitrogen and oxygen atoms in total. The third kappa shape index (κ3) is 5.07. The van der Waals surface area contributed by atoms with Gasteiger partial charge in [-0.1, -0.05) is 55.8 Å². The van der Waals surface area contributed by atoms with Gasteiger partial charge in [-0.3, -0.25) is 9.59 Å². The molecule has 0 radical (unpaired) electrons. The smallest absolute Gasteiger partial charge is 0.253 e. The fourth-order valence-electron chi connectivity index (χ4n) is 2.53. The molecule has 2 N–H and O–H groups in total. The Hall–Kier alpha value is -2.37. The average molecular weight is 375 g/mol. The largest absolute Gasteiger partial charge is 0.380 e. The lowest BCUT2D eigenvalue weighted by atomic mass is 10.0. The summed E-state index contributed by atoms with van der Waals surface area (Å²) in [4.78, 5) is 25.3. The topological polar surface area (TPSA) is 67.4 Å². The number of hydrogen-bond donors (Lipinski definition) is 2. The van der Waals surface area contributed by atoms with E-state index in [0.29, 0.717) is 22.9 Å². The molecule has 0 aliphatic rings. The number of amides is 2. The number of hydrogen-bond acceptors (Lipinski definition) is 3. The Morgan fingerprint density at radius 2 is 1.73 bits per heavy atom. The summed E-state index contributed by atoms with van der Waals surface area (Å²) >= 11 is 6.07. The second-order valence-electron chi connectivity index (χ2n) is 6.25. The lowest BCUT2D eigenvalue weighted by Crippen LogP contribution is -2.47. The molecule has 0 saturated heterocycles. The molecule has 0 fully saturated rings. The molecule has 0 aromatic heterocycles. The van der Waals surface area contributed by atoms with E-state index >= 15 is 0 Å². The van der Waals surface area contributed by atoms with E-state index in [2.05, 4.69) is 10.6 Å². The van der Waals surface area contributed by atoms with E-state index in [4.69, 9.17) is 16.3 Å². The van der Waals surface area contributed by atoms with Gasteiger partial charge in [-0.25, -0.2) is 0 Å². The minimum atomic E-state index is -0.700. The number of nitrogens with one attached hydrogen (secondary N) is 2. The zero-order valence-corrected chi connectivity index (χ0v) is 15.8. The molecule has 0 aliphatic carbocycles. The van der Waals surface area contributed by atoms with Crippen molar-refractivity contribution in [2.45, 2.75) is 26.5 Å². The number of carbonyl (C=O) groups excluding carboxylic acids is 2. The molecule has 6 heteroatoms. The highest BCUT2D eigenvalue weighted by atomic mass is 35.5. The minimum Gasteiger partial charge on any atom is -0.380 e. The van der Waals surface area contributed by atoms with E-state index in [0.717, 1.165) is 5.56 Å². The van der Waals surface area contributed by atoms with Crippen molar-refractivity contribution in [3.8, 4) is 0 Å². The van der Waals surface area contributed by atoms with Crippen molar-refractivity contribution in [1.82, 2.24) is 5.32 Å². The SMILES string of the molecule is COCc1ccccc1NC(=O)C(NC(=O)c1ccccc1Cl)C(C)C. The van der Waals surface area contributed by atoms with Crippen LogP contribution in [0.1, 0.15) is 29.8 Å². The third-order valence-electron chi connectivity index (χ3n) is 3.93. The van der Waals surface area contributed by atoms with Crippen LogP contribution in [0.3, 0.4) is 0 Å². The summed E-state index contributed by atoms with van der Waals surface area (Å²) in [5, 5.41) is 6.01. The van der Waals surface area contributed by atoms with Gasteiger partial charge in [0.2, 0.25) is 5.91 Å². The van der Waals surface area contributed by atoms with Crippen molar-refractivity contribution in [2.24, 2.45) is 5.92 Å². The van der Waals surface area contributed by atoms with Gasteiger partial charge in [0.15, 0.2) is 0 Å². The summed E-state index contributed by atoms with van der Waals surface area (Å²) in [5.41, 5.74) is 1.87. The number of anilines is 1. The van der Waals surface area contributed by atoms with Crippen LogP contribution in [0, 0.1) is 5.92 Å². The first kappa shape index (κ1) is 19.9. The maximum absolute atomic E-state index is 12.8. The number of carbonyl (C=O) groups is 2. The van der Waals surface area contributed by atoms with Crippen molar-refractivity contribution < 1.29 is 14.3 Å². The van der Waals surface area contributed by atoms with Gasteiger partial charge in [0, 0.05) is 18.4 Å². The van der Waals surface area contributed by atoms with Crippen LogP contribution in [0.15, 0.2) is 48.5 Å². The normalized spacial score (nSPS) is 11.9. The Morgan fingerprint density at radius 3 is 2.38 bits per heavy atom. The van der Waals surface area contributed by atoms with Gasteiger partial charge >= 0.3 is 0 Å². The fourth-order valence-corrected chi connectivity index (χ4v) is 2.75. The van der Waals surface area contributed by atoms with Gasteiger partial charge in [0.1, 0.15) is 6.04 Å². The van der Waals surface area contributed by atoms with Crippen LogP contribution in [-0.2, 0) is 16.1 Å². The molecule has 0 saturated carbocycles. The summed E-state index contributed by atoms with van der Waals surface area (Å²) in [7, 11) is 1.60. The number of benzene rings is 2. The first-order valence-electron chi connectivity index (χ1n) is 8.37. The molecule has 0 spiro atoms. The number of ether oxygens (including phenoxy) is 1. The van der Waals surface area contributed by atoms with E-state index < -0.39 is 6.04 Å². The highest BCUT2D eigenvalue weighted by Gasteiger charge is 2.26. The van der Waals surface area contributed by atoms with Crippen LogP contribution in [-0.4, -0.2) is 25.0 Å². The highest BCUT2D eigenvalue weighted by molar-refractivity contribution is 6.33. The minimum absolute atomic E-state index is 0.101. The fraction of sp³-hybridized carbons (Fsp3) is 0.300. The number of halogens is 1. The summed E-state index contributed by atoms with van der Waals surface area (Å²) < 4.78 is 5.16. The second kappa shape index (κ2) is 9.36. The second-order valence-corrected chi connectivity index (χ2v) is 6.66. The molecule has 0 bridgehead atoms. The Morgan fingerprint density at radius 1 is 1.08 bits per heavy atom. The maximum Gasteiger partial charge on any atom is 0.253 e. The van der Waals surface area contributed by atoms with E-state index in [-0.39, 0.29) is 17.7 Å². The Kier molecular flexibility index (Phi) is 7.18. The van der Waals surface area contributed by atoms with Gasteiger partial charge in [0.25, 0.3) is 5.91 Å². The van der Waals surface area contributed by atoms with Gasteiger partial charge in [-0.15, -0.1) is 0 Å². The molecule has 2 amide bonds. The van der Waals surface area contributed by atoms with Crippen LogP contribution in [0.25, 0.3) is 0 Å². The zero-order valence-electron chi connectivity index (χ0n) is 15.1. The lowest BCUT2D eigenvalue weighted by molar-refractivity contribution is -0.118. The molecule has 0 heterocycles. The van der Waals surface area contributed by atoms with Gasteiger partial charge < -0.3 is 15.4 Å². The molecule has 1 unspecified atom stereocenters. The van der Waals surface area contributed by atoms with E-state index in [1.807, 2.05) is 32.0 Å². The van der Waals surface area contributed by atoms with Crippen molar-refractivity contribution in [3.05, 3.63) is 64.7 Å². The summed E-state index contributed by atoms with van der Waals surface area (Å²) in [6.45, 7) is 4.13. The first-order chi connectivity index (χ1) is 12.4. The van der Waals surface area contributed by atoms with E-state index in [1.165, 1.54) is 0 Å². The number of para-hydroxylation sites is 1. The molecule has 2 aromatic carbocycles. The van der Waals surface area contributed by atoms with Crippen molar-refractivity contribution >= 4 is 29.1 Å². The van der Waals surface area contributed by atoms with Gasteiger partial charge in [0.05, 0.1) is 17.2 Å².